The maximum absolute atomic E-state index is 11.8. The smallest absolute Gasteiger partial charge is 0.244 e. The van der Waals surface area contributed by atoms with Crippen LogP contribution in [0.3, 0.4) is 0 Å². The van der Waals surface area contributed by atoms with Gasteiger partial charge in [-0.25, -0.2) is 0 Å². The van der Waals surface area contributed by atoms with Gasteiger partial charge in [-0.3, -0.25) is 10.1 Å². The van der Waals surface area contributed by atoms with E-state index in [1.165, 1.54) is 0 Å². The summed E-state index contributed by atoms with van der Waals surface area (Å²) in [5, 5.41) is 3.20. The van der Waals surface area contributed by atoms with Crippen LogP contribution in [-0.4, -0.2) is 26.2 Å². The fraction of sp³-hybridized carbons (Fsp3) is 0.462. The summed E-state index contributed by atoms with van der Waals surface area (Å²) in [6.07, 6.45) is 0.922. The molecule has 4 nitrogen and oxygen atoms in total. The SMILES string of the molecule is CCCNC(COC)(C(N)=O)c1ccccc1. The first kappa shape index (κ1) is 13.7. The summed E-state index contributed by atoms with van der Waals surface area (Å²) in [5.41, 5.74) is 5.45. The lowest BCUT2D eigenvalue weighted by Gasteiger charge is -2.31. The topological polar surface area (TPSA) is 64.3 Å². The molecule has 0 fully saturated rings. The molecule has 0 bridgehead atoms. The van der Waals surface area contributed by atoms with Crippen LogP contribution in [0.15, 0.2) is 30.3 Å². The molecule has 0 saturated heterocycles. The highest BCUT2D eigenvalue weighted by molar-refractivity contribution is 5.86. The van der Waals surface area contributed by atoms with Crippen molar-refractivity contribution in [1.82, 2.24) is 5.32 Å². The number of ether oxygens (including phenoxy) is 1. The fourth-order valence-corrected chi connectivity index (χ4v) is 1.81. The molecule has 0 aliphatic carbocycles. The summed E-state index contributed by atoms with van der Waals surface area (Å²) >= 11 is 0. The van der Waals surface area contributed by atoms with Gasteiger partial charge in [-0.1, -0.05) is 37.3 Å². The molecule has 0 saturated carbocycles. The molecule has 4 heteroatoms. The summed E-state index contributed by atoms with van der Waals surface area (Å²) < 4.78 is 5.16. The third kappa shape index (κ3) is 3.05. The zero-order valence-electron chi connectivity index (χ0n) is 10.4. The fourth-order valence-electron chi connectivity index (χ4n) is 1.81. The van der Waals surface area contributed by atoms with Crippen LogP contribution in [0.1, 0.15) is 18.9 Å². The third-order valence-electron chi connectivity index (χ3n) is 2.72. The van der Waals surface area contributed by atoms with Crippen LogP contribution in [0.25, 0.3) is 0 Å². The van der Waals surface area contributed by atoms with Crippen molar-refractivity contribution in [2.45, 2.75) is 18.9 Å². The van der Waals surface area contributed by atoms with E-state index in [-0.39, 0.29) is 6.61 Å². The molecule has 0 aromatic heterocycles. The molecule has 1 unspecified atom stereocenters. The number of hydrogen-bond donors (Lipinski definition) is 2. The Bertz CT molecular complexity index is 354. The average Bonchev–Trinajstić information content (AvgIpc) is 2.35. The van der Waals surface area contributed by atoms with E-state index < -0.39 is 11.4 Å². The monoisotopic (exact) mass is 236 g/mol. The lowest BCUT2D eigenvalue weighted by atomic mass is 9.89. The lowest BCUT2D eigenvalue weighted by molar-refractivity contribution is -0.127. The van der Waals surface area contributed by atoms with Gasteiger partial charge in [-0.15, -0.1) is 0 Å². The zero-order chi connectivity index (χ0) is 12.7. The largest absolute Gasteiger partial charge is 0.382 e. The van der Waals surface area contributed by atoms with E-state index in [2.05, 4.69) is 5.32 Å². The van der Waals surface area contributed by atoms with E-state index in [1.54, 1.807) is 7.11 Å². The lowest BCUT2D eigenvalue weighted by Crippen LogP contribution is -2.56. The summed E-state index contributed by atoms with van der Waals surface area (Å²) in [6.45, 7) is 2.98. The number of carbonyl (C=O) groups excluding carboxylic acids is 1. The van der Waals surface area contributed by atoms with Crippen molar-refractivity contribution in [1.29, 1.82) is 0 Å². The van der Waals surface area contributed by atoms with Gasteiger partial charge in [-0.2, -0.15) is 0 Å². The quantitative estimate of drug-likeness (QED) is 0.742. The predicted octanol–water partition coefficient (Wildman–Crippen LogP) is 1.01. The van der Waals surface area contributed by atoms with Crippen LogP contribution in [0.5, 0.6) is 0 Å². The summed E-state index contributed by atoms with van der Waals surface area (Å²) in [4.78, 5) is 11.8. The molecular formula is C13H20N2O2. The second-order valence-corrected chi connectivity index (χ2v) is 4.00. The van der Waals surface area contributed by atoms with E-state index in [9.17, 15) is 4.79 Å². The molecule has 0 heterocycles. The Morgan fingerprint density at radius 3 is 2.53 bits per heavy atom. The van der Waals surface area contributed by atoms with Crippen LogP contribution in [0, 0.1) is 0 Å². The first-order chi connectivity index (χ1) is 8.17. The highest BCUT2D eigenvalue weighted by Gasteiger charge is 2.37. The maximum atomic E-state index is 11.8. The van der Waals surface area contributed by atoms with Gasteiger partial charge in [0.15, 0.2) is 0 Å². The Balaban J connectivity index is 3.10. The predicted molar refractivity (Wildman–Crippen MR) is 67.5 cm³/mol. The Kier molecular flexibility index (Phi) is 5.12. The molecule has 1 atom stereocenters. The molecule has 1 aromatic rings. The second-order valence-electron chi connectivity index (χ2n) is 4.00. The van der Waals surface area contributed by atoms with Crippen molar-refractivity contribution in [2.75, 3.05) is 20.3 Å². The minimum atomic E-state index is -0.938. The van der Waals surface area contributed by atoms with Gasteiger partial charge in [0.25, 0.3) is 0 Å². The number of rotatable bonds is 7. The number of amides is 1. The second kappa shape index (κ2) is 6.37. The van der Waals surface area contributed by atoms with Crippen LogP contribution in [0.2, 0.25) is 0 Å². The molecule has 1 rings (SSSR count). The molecule has 94 valence electrons. The van der Waals surface area contributed by atoms with Crippen molar-refractivity contribution in [3.8, 4) is 0 Å². The molecular weight excluding hydrogens is 216 g/mol. The Morgan fingerprint density at radius 2 is 2.06 bits per heavy atom. The summed E-state index contributed by atoms with van der Waals surface area (Å²) in [7, 11) is 1.56. The van der Waals surface area contributed by atoms with E-state index in [0.717, 1.165) is 12.0 Å². The van der Waals surface area contributed by atoms with E-state index in [1.807, 2.05) is 37.3 Å². The van der Waals surface area contributed by atoms with Crippen molar-refractivity contribution in [2.24, 2.45) is 5.73 Å². The van der Waals surface area contributed by atoms with Crippen molar-refractivity contribution in [3.63, 3.8) is 0 Å². The van der Waals surface area contributed by atoms with Crippen molar-refractivity contribution in [3.05, 3.63) is 35.9 Å². The van der Waals surface area contributed by atoms with Gasteiger partial charge < -0.3 is 10.5 Å². The first-order valence-electron chi connectivity index (χ1n) is 5.76. The number of benzene rings is 1. The van der Waals surface area contributed by atoms with Crippen LogP contribution >= 0.6 is 0 Å². The minimum Gasteiger partial charge on any atom is -0.382 e. The number of nitrogens with one attached hydrogen (secondary N) is 1. The van der Waals surface area contributed by atoms with E-state index >= 15 is 0 Å². The molecule has 0 aliphatic rings. The van der Waals surface area contributed by atoms with Gasteiger partial charge >= 0.3 is 0 Å². The first-order valence-corrected chi connectivity index (χ1v) is 5.76. The minimum absolute atomic E-state index is 0.229. The van der Waals surface area contributed by atoms with Gasteiger partial charge in [-0.05, 0) is 18.5 Å². The maximum Gasteiger partial charge on any atom is 0.244 e. The summed E-state index contributed by atoms with van der Waals surface area (Å²) in [5.74, 6) is -0.418. The number of methoxy groups -OCH3 is 1. The average molecular weight is 236 g/mol. The molecule has 17 heavy (non-hydrogen) atoms. The van der Waals surface area contributed by atoms with Gasteiger partial charge in [0.05, 0.1) is 6.61 Å². The number of hydrogen-bond acceptors (Lipinski definition) is 3. The molecule has 3 N–H and O–H groups in total. The Morgan fingerprint density at radius 1 is 1.41 bits per heavy atom. The normalized spacial score (nSPS) is 14.2. The van der Waals surface area contributed by atoms with Gasteiger partial charge in [0.2, 0.25) is 5.91 Å². The molecule has 1 aromatic carbocycles. The number of nitrogens with two attached hydrogens (primary N) is 1. The summed E-state index contributed by atoms with van der Waals surface area (Å²) in [6, 6.07) is 9.44. The van der Waals surface area contributed by atoms with E-state index in [0.29, 0.717) is 6.54 Å². The van der Waals surface area contributed by atoms with Crippen LogP contribution in [0.4, 0.5) is 0 Å². The third-order valence-corrected chi connectivity index (χ3v) is 2.72. The van der Waals surface area contributed by atoms with E-state index in [4.69, 9.17) is 10.5 Å². The highest BCUT2D eigenvalue weighted by atomic mass is 16.5. The van der Waals surface area contributed by atoms with Crippen molar-refractivity contribution < 1.29 is 9.53 Å². The Hall–Kier alpha value is -1.39. The molecule has 0 aliphatic heterocycles. The Labute approximate surface area is 102 Å². The highest BCUT2D eigenvalue weighted by Crippen LogP contribution is 2.21. The zero-order valence-corrected chi connectivity index (χ0v) is 10.4. The molecule has 0 spiro atoms. The van der Waals surface area contributed by atoms with Gasteiger partial charge in [0, 0.05) is 7.11 Å². The van der Waals surface area contributed by atoms with Crippen molar-refractivity contribution >= 4 is 5.91 Å². The van der Waals surface area contributed by atoms with Crippen LogP contribution < -0.4 is 11.1 Å². The van der Waals surface area contributed by atoms with Crippen LogP contribution in [-0.2, 0) is 15.1 Å². The number of carbonyl (C=O) groups is 1. The van der Waals surface area contributed by atoms with Gasteiger partial charge in [0.1, 0.15) is 5.54 Å². The standard InChI is InChI=1S/C13H20N2O2/c1-3-9-15-13(10-17-2,12(14)16)11-7-5-4-6-8-11/h4-8,15H,3,9-10H2,1-2H3,(H2,14,16). The number of primary amides is 1. The molecule has 0 radical (unpaired) electrons. The molecule has 1 amide bonds.